The van der Waals surface area contributed by atoms with E-state index < -0.39 is 0 Å². The number of hydrogen-bond acceptors (Lipinski definition) is 3. The topological polar surface area (TPSA) is 33.1 Å². The zero-order valence-corrected chi connectivity index (χ0v) is 11.2. The Morgan fingerprint density at radius 3 is 2.71 bits per heavy atom. The Labute approximate surface area is 104 Å². The Bertz CT molecular complexity index is 350. The van der Waals surface area contributed by atoms with Crippen molar-refractivity contribution in [3.05, 3.63) is 18.2 Å². The number of nitrogens with one attached hydrogen (secondary N) is 1. The molecule has 2 rings (SSSR count). The van der Waals surface area contributed by atoms with Gasteiger partial charge < -0.3 is 14.8 Å². The first-order valence-corrected chi connectivity index (χ1v) is 6.49. The van der Waals surface area contributed by atoms with Gasteiger partial charge in [0.25, 0.3) is 0 Å². The second kappa shape index (κ2) is 5.19. The molecule has 1 aliphatic rings. The maximum absolute atomic E-state index is 4.28. The van der Waals surface area contributed by atoms with E-state index in [2.05, 4.69) is 33.9 Å². The molecule has 0 bridgehead atoms. The molecule has 1 aromatic heterocycles. The molecule has 96 valence electrons. The summed E-state index contributed by atoms with van der Waals surface area (Å²) in [6.07, 6.45) is 9.25. The predicted molar refractivity (Wildman–Crippen MR) is 69.9 cm³/mol. The van der Waals surface area contributed by atoms with E-state index in [4.69, 9.17) is 0 Å². The van der Waals surface area contributed by atoms with Crippen molar-refractivity contribution in [2.75, 3.05) is 21.1 Å². The highest BCUT2D eigenvalue weighted by Crippen LogP contribution is 2.35. The number of hydrogen-bond donors (Lipinski definition) is 1. The van der Waals surface area contributed by atoms with Crippen molar-refractivity contribution in [1.82, 2.24) is 19.8 Å². The largest absolute Gasteiger partial charge is 0.332 e. The summed E-state index contributed by atoms with van der Waals surface area (Å²) in [5.41, 5.74) is 1.61. The lowest BCUT2D eigenvalue weighted by atomic mass is 9.96. The van der Waals surface area contributed by atoms with E-state index in [0.717, 1.165) is 13.1 Å². The van der Waals surface area contributed by atoms with Crippen LogP contribution >= 0.6 is 0 Å². The van der Waals surface area contributed by atoms with Gasteiger partial charge in [0.05, 0.1) is 12.0 Å². The van der Waals surface area contributed by atoms with Gasteiger partial charge in [0.15, 0.2) is 0 Å². The molecular weight excluding hydrogens is 212 g/mol. The van der Waals surface area contributed by atoms with Crippen molar-refractivity contribution in [1.29, 1.82) is 0 Å². The van der Waals surface area contributed by atoms with Gasteiger partial charge in [-0.25, -0.2) is 4.98 Å². The zero-order valence-electron chi connectivity index (χ0n) is 11.2. The second-order valence-corrected chi connectivity index (χ2v) is 5.37. The van der Waals surface area contributed by atoms with E-state index in [1.165, 1.54) is 31.4 Å². The lowest BCUT2D eigenvalue weighted by Crippen LogP contribution is -2.45. The fraction of sp³-hybridized carbons (Fsp3) is 0.769. The molecule has 1 fully saturated rings. The standard InChI is InChI=1S/C13H24N4/c1-14-8-12-9-15-11-17(12)10-13(16(2)3)6-4-5-7-13/h9,11,14H,4-8,10H2,1-3H3. The summed E-state index contributed by atoms with van der Waals surface area (Å²) in [5.74, 6) is 0. The van der Waals surface area contributed by atoms with E-state index in [1.807, 2.05) is 19.6 Å². The van der Waals surface area contributed by atoms with Crippen molar-refractivity contribution in [3.8, 4) is 0 Å². The molecule has 0 aliphatic heterocycles. The predicted octanol–water partition coefficient (Wildman–Crippen LogP) is 1.48. The molecule has 17 heavy (non-hydrogen) atoms. The van der Waals surface area contributed by atoms with Crippen LogP contribution in [0.2, 0.25) is 0 Å². The van der Waals surface area contributed by atoms with Gasteiger partial charge in [-0.1, -0.05) is 12.8 Å². The fourth-order valence-corrected chi connectivity index (χ4v) is 2.92. The maximum Gasteiger partial charge on any atom is 0.0949 e. The Morgan fingerprint density at radius 1 is 1.41 bits per heavy atom. The van der Waals surface area contributed by atoms with E-state index in [-0.39, 0.29) is 0 Å². The molecule has 4 heteroatoms. The number of rotatable bonds is 5. The first kappa shape index (κ1) is 12.6. The Kier molecular flexibility index (Phi) is 3.84. The second-order valence-electron chi connectivity index (χ2n) is 5.37. The lowest BCUT2D eigenvalue weighted by molar-refractivity contribution is 0.132. The van der Waals surface area contributed by atoms with Crippen molar-refractivity contribution < 1.29 is 0 Å². The van der Waals surface area contributed by atoms with Crippen LogP contribution in [0.15, 0.2) is 12.5 Å². The van der Waals surface area contributed by atoms with Crippen LogP contribution in [-0.4, -0.2) is 41.1 Å². The third-order valence-corrected chi connectivity index (χ3v) is 4.10. The number of likely N-dealkylation sites (N-methyl/N-ethyl adjacent to an activating group) is 1. The van der Waals surface area contributed by atoms with E-state index >= 15 is 0 Å². The molecule has 0 saturated heterocycles. The van der Waals surface area contributed by atoms with Crippen molar-refractivity contribution in [2.24, 2.45) is 0 Å². The summed E-state index contributed by atoms with van der Waals surface area (Å²) in [6.45, 7) is 1.96. The van der Waals surface area contributed by atoms with Crippen molar-refractivity contribution >= 4 is 0 Å². The van der Waals surface area contributed by atoms with Crippen LogP contribution in [0.1, 0.15) is 31.4 Å². The van der Waals surface area contributed by atoms with E-state index in [9.17, 15) is 0 Å². The molecule has 0 atom stereocenters. The molecule has 4 nitrogen and oxygen atoms in total. The summed E-state index contributed by atoms with van der Waals surface area (Å²) >= 11 is 0. The molecule has 0 radical (unpaired) electrons. The third kappa shape index (κ3) is 2.53. The first-order valence-electron chi connectivity index (χ1n) is 6.49. The number of imidazole rings is 1. The average molecular weight is 236 g/mol. The highest BCUT2D eigenvalue weighted by molar-refractivity contribution is 5.02. The maximum atomic E-state index is 4.28. The minimum absolute atomic E-state index is 0.336. The lowest BCUT2D eigenvalue weighted by Gasteiger charge is -2.37. The molecule has 1 heterocycles. The summed E-state index contributed by atoms with van der Waals surface area (Å²) in [4.78, 5) is 6.68. The molecule has 0 aromatic carbocycles. The van der Waals surface area contributed by atoms with Crippen molar-refractivity contribution in [2.45, 2.75) is 44.3 Å². The van der Waals surface area contributed by atoms with Crippen LogP contribution in [0.4, 0.5) is 0 Å². The van der Waals surface area contributed by atoms with Crippen LogP contribution in [-0.2, 0) is 13.1 Å². The van der Waals surface area contributed by atoms with Crippen LogP contribution in [0, 0.1) is 0 Å². The summed E-state index contributed by atoms with van der Waals surface area (Å²) < 4.78 is 2.31. The number of aromatic nitrogens is 2. The van der Waals surface area contributed by atoms with Crippen LogP contribution in [0.25, 0.3) is 0 Å². The molecule has 1 saturated carbocycles. The average Bonchev–Trinajstić information content (AvgIpc) is 2.91. The first-order chi connectivity index (χ1) is 8.18. The molecule has 0 unspecified atom stereocenters. The third-order valence-electron chi connectivity index (χ3n) is 4.10. The smallest absolute Gasteiger partial charge is 0.0949 e. The fourth-order valence-electron chi connectivity index (χ4n) is 2.92. The normalized spacial score (nSPS) is 19.1. The highest BCUT2D eigenvalue weighted by Gasteiger charge is 2.36. The van der Waals surface area contributed by atoms with Crippen LogP contribution in [0.3, 0.4) is 0 Å². The van der Waals surface area contributed by atoms with E-state index in [0.29, 0.717) is 5.54 Å². The Balaban J connectivity index is 2.14. The van der Waals surface area contributed by atoms with Crippen molar-refractivity contribution in [3.63, 3.8) is 0 Å². The van der Waals surface area contributed by atoms with Crippen LogP contribution in [0.5, 0.6) is 0 Å². The minimum atomic E-state index is 0.336. The summed E-state index contributed by atoms with van der Waals surface area (Å²) in [5, 5.41) is 3.20. The van der Waals surface area contributed by atoms with Gasteiger partial charge in [-0.2, -0.15) is 0 Å². The SMILES string of the molecule is CNCc1cncn1CC1(N(C)C)CCCC1. The molecule has 1 aliphatic carbocycles. The van der Waals surface area contributed by atoms with E-state index in [1.54, 1.807) is 0 Å². The summed E-state index contributed by atoms with van der Waals surface area (Å²) in [7, 11) is 6.40. The van der Waals surface area contributed by atoms with Crippen LogP contribution < -0.4 is 5.32 Å². The quantitative estimate of drug-likeness (QED) is 0.840. The van der Waals surface area contributed by atoms with Gasteiger partial charge in [0.1, 0.15) is 0 Å². The Morgan fingerprint density at radius 2 is 2.12 bits per heavy atom. The summed E-state index contributed by atoms with van der Waals surface area (Å²) in [6, 6.07) is 0. The van der Waals surface area contributed by atoms with Gasteiger partial charge >= 0.3 is 0 Å². The zero-order chi connectivity index (χ0) is 12.3. The van der Waals surface area contributed by atoms with Gasteiger partial charge in [0.2, 0.25) is 0 Å². The molecule has 0 spiro atoms. The monoisotopic (exact) mass is 236 g/mol. The van der Waals surface area contributed by atoms with Gasteiger partial charge in [-0.05, 0) is 34.0 Å². The molecule has 0 amide bonds. The van der Waals surface area contributed by atoms with Gasteiger partial charge in [-0.3, -0.25) is 0 Å². The number of nitrogens with zero attached hydrogens (tertiary/aromatic N) is 3. The molecule has 1 N–H and O–H groups in total. The minimum Gasteiger partial charge on any atom is -0.332 e. The highest BCUT2D eigenvalue weighted by atomic mass is 15.2. The van der Waals surface area contributed by atoms with Gasteiger partial charge in [-0.15, -0.1) is 0 Å². The Hall–Kier alpha value is -0.870. The molecule has 1 aromatic rings. The van der Waals surface area contributed by atoms with Gasteiger partial charge in [0, 0.05) is 24.8 Å². The molecular formula is C13H24N4.